The molecule has 0 spiro atoms. The Morgan fingerprint density at radius 2 is 1.88 bits per heavy atom. The van der Waals surface area contributed by atoms with Gasteiger partial charge in [-0.05, 0) is 19.3 Å². The fourth-order valence-electron chi connectivity index (χ4n) is 1.81. The van der Waals surface area contributed by atoms with Crippen LogP contribution in [-0.4, -0.2) is 21.4 Å². The van der Waals surface area contributed by atoms with E-state index in [0.29, 0.717) is 11.8 Å². The van der Waals surface area contributed by atoms with E-state index in [1.165, 1.54) is 0 Å². The van der Waals surface area contributed by atoms with Crippen LogP contribution in [0.2, 0.25) is 0 Å². The van der Waals surface area contributed by atoms with Crippen molar-refractivity contribution in [2.75, 3.05) is 0 Å². The van der Waals surface area contributed by atoms with Crippen LogP contribution in [0.15, 0.2) is 4.52 Å². The molecule has 0 fully saturated rings. The molecule has 92 valence electrons. The van der Waals surface area contributed by atoms with E-state index >= 15 is 0 Å². The second-order valence-corrected chi connectivity index (χ2v) is 4.81. The maximum atomic E-state index is 9.71. The van der Waals surface area contributed by atoms with Crippen LogP contribution in [0.4, 0.5) is 0 Å². The Labute approximate surface area is 97.1 Å². The largest absolute Gasteiger partial charge is 0.393 e. The summed E-state index contributed by atoms with van der Waals surface area (Å²) < 4.78 is 5.25. The Morgan fingerprint density at radius 3 is 2.31 bits per heavy atom. The highest BCUT2D eigenvalue weighted by molar-refractivity contribution is 5.00. The molecule has 1 rings (SSSR count). The van der Waals surface area contributed by atoms with Gasteiger partial charge in [0, 0.05) is 5.92 Å². The predicted octanol–water partition coefficient (Wildman–Crippen LogP) is 2.70. The zero-order valence-corrected chi connectivity index (χ0v) is 10.8. The van der Waals surface area contributed by atoms with Gasteiger partial charge in [0.05, 0.1) is 12.0 Å². The van der Waals surface area contributed by atoms with Gasteiger partial charge in [-0.3, -0.25) is 0 Å². The van der Waals surface area contributed by atoms with Gasteiger partial charge in [0.15, 0.2) is 5.82 Å². The van der Waals surface area contributed by atoms with E-state index in [9.17, 15) is 5.11 Å². The lowest BCUT2D eigenvalue weighted by atomic mass is 9.91. The van der Waals surface area contributed by atoms with Crippen LogP contribution in [0.3, 0.4) is 0 Å². The van der Waals surface area contributed by atoms with Crippen molar-refractivity contribution < 1.29 is 9.63 Å². The molecule has 0 saturated heterocycles. The maximum Gasteiger partial charge on any atom is 0.232 e. The lowest BCUT2D eigenvalue weighted by molar-refractivity contribution is 0.120. The Morgan fingerprint density at radius 1 is 1.25 bits per heavy atom. The molecule has 1 aromatic rings. The van der Waals surface area contributed by atoms with Crippen molar-refractivity contribution in [3.8, 4) is 0 Å². The molecule has 0 aliphatic carbocycles. The molecule has 1 heterocycles. The summed E-state index contributed by atoms with van der Waals surface area (Å²) in [4.78, 5) is 4.39. The second-order valence-electron chi connectivity index (χ2n) is 4.81. The first-order valence-corrected chi connectivity index (χ1v) is 5.98. The Hall–Kier alpha value is -0.900. The van der Waals surface area contributed by atoms with Gasteiger partial charge in [-0.25, -0.2) is 0 Å². The SMILES string of the molecule is CCC(C)c1noc(C(C(C)C)C(C)O)n1. The minimum absolute atomic E-state index is 0.0784. The Balaban J connectivity index is 2.90. The second kappa shape index (κ2) is 5.43. The normalized spacial score (nSPS) is 17.4. The van der Waals surface area contributed by atoms with Crippen molar-refractivity contribution in [3.05, 3.63) is 11.7 Å². The molecule has 3 atom stereocenters. The van der Waals surface area contributed by atoms with Crippen molar-refractivity contribution in [1.82, 2.24) is 10.1 Å². The summed E-state index contributed by atoms with van der Waals surface area (Å²) >= 11 is 0. The van der Waals surface area contributed by atoms with E-state index in [1.54, 1.807) is 6.92 Å². The van der Waals surface area contributed by atoms with Gasteiger partial charge in [0.25, 0.3) is 0 Å². The molecule has 0 saturated carbocycles. The maximum absolute atomic E-state index is 9.71. The van der Waals surface area contributed by atoms with Crippen molar-refractivity contribution in [3.63, 3.8) is 0 Å². The van der Waals surface area contributed by atoms with E-state index in [0.717, 1.165) is 12.2 Å². The first-order valence-electron chi connectivity index (χ1n) is 5.98. The molecular weight excluding hydrogens is 204 g/mol. The van der Waals surface area contributed by atoms with Gasteiger partial charge in [0.2, 0.25) is 5.89 Å². The number of aliphatic hydroxyl groups excluding tert-OH is 1. The average Bonchev–Trinajstić information content (AvgIpc) is 2.64. The number of hydrogen-bond donors (Lipinski definition) is 1. The van der Waals surface area contributed by atoms with Crippen LogP contribution in [0.5, 0.6) is 0 Å². The molecule has 1 aromatic heterocycles. The lowest BCUT2D eigenvalue weighted by Crippen LogP contribution is -2.20. The van der Waals surface area contributed by atoms with E-state index in [1.807, 2.05) is 13.8 Å². The zero-order valence-electron chi connectivity index (χ0n) is 10.8. The van der Waals surface area contributed by atoms with E-state index < -0.39 is 6.10 Å². The number of aromatic nitrogens is 2. The topological polar surface area (TPSA) is 59.2 Å². The van der Waals surface area contributed by atoms with Gasteiger partial charge in [-0.1, -0.05) is 32.9 Å². The number of hydrogen-bond acceptors (Lipinski definition) is 4. The highest BCUT2D eigenvalue weighted by Gasteiger charge is 2.27. The van der Waals surface area contributed by atoms with Gasteiger partial charge in [-0.15, -0.1) is 0 Å². The van der Waals surface area contributed by atoms with Crippen molar-refractivity contribution in [2.24, 2.45) is 5.92 Å². The minimum Gasteiger partial charge on any atom is -0.393 e. The van der Waals surface area contributed by atoms with Gasteiger partial charge in [-0.2, -0.15) is 4.98 Å². The zero-order chi connectivity index (χ0) is 12.3. The molecule has 4 heteroatoms. The minimum atomic E-state index is -0.467. The van der Waals surface area contributed by atoms with Crippen molar-refractivity contribution >= 4 is 0 Å². The Kier molecular flexibility index (Phi) is 4.47. The highest BCUT2D eigenvalue weighted by atomic mass is 16.5. The van der Waals surface area contributed by atoms with Crippen molar-refractivity contribution in [1.29, 1.82) is 0 Å². The lowest BCUT2D eigenvalue weighted by Gasteiger charge is -2.19. The van der Waals surface area contributed by atoms with Gasteiger partial charge >= 0.3 is 0 Å². The number of nitrogens with zero attached hydrogens (tertiary/aromatic N) is 2. The third-order valence-corrected chi connectivity index (χ3v) is 3.03. The smallest absolute Gasteiger partial charge is 0.232 e. The summed E-state index contributed by atoms with van der Waals surface area (Å²) in [7, 11) is 0. The molecule has 1 N–H and O–H groups in total. The molecule has 0 aromatic carbocycles. The standard InChI is InChI=1S/C12H22N2O2/c1-6-8(4)11-13-12(16-14-11)10(7(2)3)9(5)15/h7-10,15H,6H2,1-5H3. The molecule has 0 bridgehead atoms. The Bertz CT molecular complexity index is 313. The molecule has 0 radical (unpaired) electrons. The number of rotatable bonds is 5. The van der Waals surface area contributed by atoms with Gasteiger partial charge in [0.1, 0.15) is 0 Å². The van der Waals surface area contributed by atoms with Crippen LogP contribution in [0, 0.1) is 5.92 Å². The number of aliphatic hydroxyl groups is 1. The van der Waals surface area contributed by atoms with E-state index in [2.05, 4.69) is 24.0 Å². The molecule has 0 aliphatic rings. The summed E-state index contributed by atoms with van der Waals surface area (Å²) in [6.45, 7) is 10.0. The summed E-state index contributed by atoms with van der Waals surface area (Å²) in [5.41, 5.74) is 0. The monoisotopic (exact) mass is 226 g/mol. The summed E-state index contributed by atoms with van der Waals surface area (Å²) in [6, 6.07) is 0. The van der Waals surface area contributed by atoms with Crippen LogP contribution < -0.4 is 0 Å². The fourth-order valence-corrected chi connectivity index (χ4v) is 1.81. The third kappa shape index (κ3) is 2.82. The van der Waals surface area contributed by atoms with Crippen LogP contribution in [0.1, 0.15) is 64.6 Å². The molecule has 16 heavy (non-hydrogen) atoms. The highest BCUT2D eigenvalue weighted by Crippen LogP contribution is 2.28. The summed E-state index contributed by atoms with van der Waals surface area (Å²) in [5, 5.41) is 13.7. The van der Waals surface area contributed by atoms with Crippen LogP contribution in [0.25, 0.3) is 0 Å². The summed E-state index contributed by atoms with van der Waals surface area (Å²) in [6.07, 6.45) is 0.519. The third-order valence-electron chi connectivity index (χ3n) is 3.03. The van der Waals surface area contributed by atoms with Gasteiger partial charge < -0.3 is 9.63 Å². The van der Waals surface area contributed by atoms with Crippen LogP contribution in [-0.2, 0) is 0 Å². The molecule has 0 amide bonds. The molecular formula is C12H22N2O2. The van der Waals surface area contributed by atoms with Crippen molar-refractivity contribution in [2.45, 2.75) is 59.0 Å². The quantitative estimate of drug-likeness (QED) is 0.838. The summed E-state index contributed by atoms with van der Waals surface area (Å²) in [5.74, 6) is 1.80. The molecule has 3 unspecified atom stereocenters. The van der Waals surface area contributed by atoms with E-state index in [-0.39, 0.29) is 11.8 Å². The first kappa shape index (κ1) is 13.2. The average molecular weight is 226 g/mol. The fraction of sp³-hybridized carbons (Fsp3) is 0.833. The van der Waals surface area contributed by atoms with Crippen LogP contribution >= 0.6 is 0 Å². The van der Waals surface area contributed by atoms with E-state index in [4.69, 9.17) is 4.52 Å². The molecule has 0 aliphatic heterocycles. The predicted molar refractivity (Wildman–Crippen MR) is 62.3 cm³/mol. The first-order chi connectivity index (χ1) is 7.47. The molecule has 4 nitrogen and oxygen atoms in total.